The number of phenols is 1. The van der Waals surface area contributed by atoms with Gasteiger partial charge in [-0.15, -0.1) is 0 Å². The molecule has 0 aromatic heterocycles. The molecule has 4 aliphatic rings. The molecule has 4 saturated heterocycles. The predicted octanol–water partition coefficient (Wildman–Crippen LogP) is 3.49. The lowest BCUT2D eigenvalue weighted by Gasteiger charge is -2.44. The van der Waals surface area contributed by atoms with E-state index in [2.05, 4.69) is 20.4 Å². The van der Waals surface area contributed by atoms with Crippen LogP contribution in [0.5, 0.6) is 11.5 Å². The molecule has 9 N–H and O–H groups in total. The summed E-state index contributed by atoms with van der Waals surface area (Å²) in [4.78, 5) is 42.8. The number of allylic oxidation sites excluding steroid dienone is 1. The summed E-state index contributed by atoms with van der Waals surface area (Å²) in [6, 6.07) is 19.1. The van der Waals surface area contributed by atoms with E-state index < -0.39 is 6.04 Å². The first-order valence-electron chi connectivity index (χ1n) is 19.0. The molecule has 0 aliphatic carbocycles. The molecule has 3 atom stereocenters. The molecular formula is C41H49FN8O5. The van der Waals surface area contributed by atoms with Gasteiger partial charge in [-0.05, 0) is 67.7 Å². The average molecular weight is 753 g/mol. The quantitative estimate of drug-likeness (QED) is 0.124. The van der Waals surface area contributed by atoms with Gasteiger partial charge in [-0.3, -0.25) is 19.7 Å². The number of nitrogens with zero attached hydrogens (tertiary/aromatic N) is 3. The predicted molar refractivity (Wildman–Crippen MR) is 208 cm³/mol. The van der Waals surface area contributed by atoms with Gasteiger partial charge >= 0.3 is 0 Å². The van der Waals surface area contributed by atoms with E-state index in [9.17, 15) is 19.5 Å². The first-order valence-corrected chi connectivity index (χ1v) is 19.0. The van der Waals surface area contributed by atoms with Crippen LogP contribution in [0.1, 0.15) is 56.1 Å². The number of fused-ring (bicyclic) bond motifs is 2. The van der Waals surface area contributed by atoms with E-state index in [0.717, 1.165) is 29.8 Å². The number of para-hydroxylation sites is 1. The number of aryl methyl sites for hydroxylation is 1. The van der Waals surface area contributed by atoms with Crippen LogP contribution in [0.25, 0.3) is 5.70 Å². The summed E-state index contributed by atoms with van der Waals surface area (Å²) in [5, 5.41) is 15.8. The Labute approximate surface area is 319 Å². The Morgan fingerprint density at radius 3 is 2.31 bits per heavy atom. The lowest BCUT2D eigenvalue weighted by atomic mass is 10.0. The minimum Gasteiger partial charge on any atom is -0.507 e. The van der Waals surface area contributed by atoms with Crippen LogP contribution in [0.2, 0.25) is 0 Å². The summed E-state index contributed by atoms with van der Waals surface area (Å²) in [6.07, 6.45) is 6.44. The van der Waals surface area contributed by atoms with Crippen LogP contribution in [0.15, 0.2) is 84.3 Å². The van der Waals surface area contributed by atoms with Crippen LogP contribution in [-0.4, -0.2) is 83.0 Å². The van der Waals surface area contributed by atoms with Gasteiger partial charge in [0.05, 0.1) is 5.70 Å². The van der Waals surface area contributed by atoms with Crippen molar-refractivity contribution in [2.75, 3.05) is 36.4 Å². The molecular weight excluding hydrogens is 704 g/mol. The minimum atomic E-state index is -0.446. The molecule has 3 aromatic rings. The monoisotopic (exact) mass is 752 g/mol. The number of aromatic hydroxyl groups is 1. The smallest absolute Gasteiger partial charge is 0.249 e. The summed E-state index contributed by atoms with van der Waals surface area (Å²) >= 11 is 0. The van der Waals surface area contributed by atoms with Crippen LogP contribution < -0.4 is 37.5 Å². The average Bonchev–Trinajstić information content (AvgIpc) is 3.43. The van der Waals surface area contributed by atoms with E-state index in [1.807, 2.05) is 35.2 Å². The van der Waals surface area contributed by atoms with Crippen molar-refractivity contribution in [3.63, 3.8) is 0 Å². The number of halogens is 1. The largest absolute Gasteiger partial charge is 0.507 e. The number of hydrogen-bond acceptors (Lipinski definition) is 11. The first-order chi connectivity index (χ1) is 26.5. The zero-order valence-electron chi connectivity index (χ0n) is 30.8. The highest BCUT2D eigenvalue weighted by molar-refractivity contribution is 6.01. The Bertz CT molecular complexity index is 1960. The standard InChI is InChI=1S/C41H49FN8O5/c42-26-19-30(50-28-10-11-29(50)24-49(23-28)36(40(44)45)22-34(43)33-3-1-2-4-37(33)51)21-32(20-26)55-31-15-17-48(18-16-31)39(53)14-7-25-5-8-27(9-6-25)46-35-12-13-38(52)47-41(35)54/h1-6,8-9,19-22,28-29,31,35,46,51H,7,10-18,23-24,43-45H2,(H,47,52,54)/b34-22-. The van der Waals surface area contributed by atoms with E-state index in [-0.39, 0.29) is 53.3 Å². The molecule has 14 heteroatoms. The lowest BCUT2D eigenvalue weighted by Crippen LogP contribution is -2.54. The highest BCUT2D eigenvalue weighted by atomic mass is 19.1. The molecule has 55 heavy (non-hydrogen) atoms. The maximum Gasteiger partial charge on any atom is 0.249 e. The van der Waals surface area contributed by atoms with Gasteiger partial charge in [0, 0.05) is 98.7 Å². The SMILES string of the molecule is NC(N)=C(/C=C(\N)c1ccccc1O)N1CC2CCC(C1)N2c1cc(F)cc(OC2CCN(C(=O)CCc3ccc(NC4CCC(=O)NC4=O)cc3)CC2)c1. The van der Waals surface area contributed by atoms with Crippen molar-refractivity contribution in [1.82, 2.24) is 15.1 Å². The fourth-order valence-electron chi connectivity index (χ4n) is 8.21. The number of ether oxygens (including phenoxy) is 1. The van der Waals surface area contributed by atoms with Gasteiger partial charge in [0.1, 0.15) is 35.3 Å². The number of carbonyl (C=O) groups excluding carboxylic acids is 3. The van der Waals surface area contributed by atoms with Crippen LogP contribution in [0.4, 0.5) is 15.8 Å². The Kier molecular flexibility index (Phi) is 11.0. The minimum absolute atomic E-state index is 0.0679. The van der Waals surface area contributed by atoms with Crippen molar-refractivity contribution in [2.24, 2.45) is 17.2 Å². The molecule has 7 rings (SSSR count). The normalized spacial score (nSPS) is 21.7. The van der Waals surface area contributed by atoms with Crippen molar-refractivity contribution in [1.29, 1.82) is 0 Å². The summed E-state index contributed by atoms with van der Waals surface area (Å²) in [5.74, 6) is -0.177. The van der Waals surface area contributed by atoms with Gasteiger partial charge in [-0.25, -0.2) is 4.39 Å². The third-order valence-electron chi connectivity index (χ3n) is 11.0. The van der Waals surface area contributed by atoms with Crippen LogP contribution in [-0.2, 0) is 20.8 Å². The highest BCUT2D eigenvalue weighted by Crippen LogP contribution is 2.39. The molecule has 0 radical (unpaired) electrons. The number of anilines is 2. The molecule has 3 amide bonds. The molecule has 0 spiro atoms. The zero-order chi connectivity index (χ0) is 38.6. The second-order valence-corrected chi connectivity index (χ2v) is 14.8. The number of benzene rings is 3. The van der Waals surface area contributed by atoms with Crippen molar-refractivity contribution in [3.05, 3.63) is 101 Å². The number of carbonyl (C=O) groups is 3. The van der Waals surface area contributed by atoms with Crippen molar-refractivity contribution >= 4 is 34.8 Å². The number of piperidine rings is 2. The fourth-order valence-corrected chi connectivity index (χ4v) is 8.21. The number of likely N-dealkylation sites (tertiary alicyclic amines) is 2. The maximum atomic E-state index is 15.1. The van der Waals surface area contributed by atoms with E-state index in [1.54, 1.807) is 36.4 Å². The van der Waals surface area contributed by atoms with Gasteiger partial charge in [0.2, 0.25) is 17.7 Å². The summed E-state index contributed by atoms with van der Waals surface area (Å²) in [6.45, 7) is 2.35. The summed E-state index contributed by atoms with van der Waals surface area (Å²) in [5.41, 5.74) is 22.7. The number of amides is 3. The Hall–Kier alpha value is -5.92. The van der Waals surface area contributed by atoms with Crippen LogP contribution in [0, 0.1) is 5.82 Å². The summed E-state index contributed by atoms with van der Waals surface area (Å²) in [7, 11) is 0. The summed E-state index contributed by atoms with van der Waals surface area (Å²) < 4.78 is 21.5. The third kappa shape index (κ3) is 8.74. The zero-order valence-corrected chi connectivity index (χ0v) is 30.8. The van der Waals surface area contributed by atoms with Gasteiger partial charge in [-0.1, -0.05) is 24.3 Å². The number of nitrogens with two attached hydrogens (primary N) is 3. The lowest BCUT2D eigenvalue weighted by molar-refractivity contribution is -0.134. The van der Waals surface area contributed by atoms with E-state index in [4.69, 9.17) is 21.9 Å². The molecule has 4 fully saturated rings. The number of rotatable bonds is 11. The van der Waals surface area contributed by atoms with Crippen LogP contribution in [0.3, 0.4) is 0 Å². The Morgan fingerprint density at radius 2 is 1.64 bits per heavy atom. The maximum absolute atomic E-state index is 15.1. The molecule has 13 nitrogen and oxygen atoms in total. The van der Waals surface area contributed by atoms with Crippen LogP contribution >= 0.6 is 0 Å². The molecule has 4 heterocycles. The van der Waals surface area contributed by atoms with Gasteiger partial charge in [0.25, 0.3) is 0 Å². The van der Waals surface area contributed by atoms with Gasteiger partial charge in [0.15, 0.2) is 0 Å². The number of hydrogen-bond donors (Lipinski definition) is 6. The van der Waals surface area contributed by atoms with E-state index in [1.165, 1.54) is 6.07 Å². The van der Waals surface area contributed by atoms with Crippen molar-refractivity contribution < 1.29 is 28.6 Å². The van der Waals surface area contributed by atoms with E-state index in [0.29, 0.717) is 87.4 Å². The van der Waals surface area contributed by atoms with Crippen molar-refractivity contribution in [3.8, 4) is 11.5 Å². The Balaban J connectivity index is 0.903. The second-order valence-electron chi connectivity index (χ2n) is 14.8. The van der Waals surface area contributed by atoms with Gasteiger partial charge < -0.3 is 47.1 Å². The van der Waals surface area contributed by atoms with Crippen molar-refractivity contribution in [2.45, 2.75) is 75.6 Å². The second kappa shape index (κ2) is 16.2. The molecule has 3 unspecified atom stereocenters. The number of phenolic OH excluding ortho intramolecular Hbond substituents is 1. The van der Waals surface area contributed by atoms with Gasteiger partial charge in [-0.2, -0.15) is 0 Å². The topological polar surface area (TPSA) is 193 Å². The third-order valence-corrected chi connectivity index (χ3v) is 11.0. The molecule has 3 aromatic carbocycles. The number of nitrogens with one attached hydrogen (secondary N) is 2. The number of piperazine rings is 1. The fraction of sp³-hybridized carbons (Fsp3) is 0.390. The molecule has 2 bridgehead atoms. The molecule has 290 valence electrons. The molecule has 0 saturated carbocycles. The number of imide groups is 1. The Morgan fingerprint density at radius 1 is 0.927 bits per heavy atom. The highest BCUT2D eigenvalue weighted by Gasteiger charge is 2.41. The molecule has 4 aliphatic heterocycles. The first kappa shape index (κ1) is 37.4. The van der Waals surface area contributed by atoms with E-state index >= 15 is 4.39 Å².